The number of carbonyl (C=O) groups is 1. The lowest BCUT2D eigenvalue weighted by atomic mass is 10.00. The van der Waals surface area contributed by atoms with Crippen molar-refractivity contribution in [3.8, 4) is 0 Å². The summed E-state index contributed by atoms with van der Waals surface area (Å²) in [6.45, 7) is 3.63. The van der Waals surface area contributed by atoms with Crippen LogP contribution in [0.2, 0.25) is 0 Å². The first-order chi connectivity index (χ1) is 4.72. The second-order valence-corrected chi connectivity index (χ2v) is 2.63. The number of rotatable bonds is 5. The van der Waals surface area contributed by atoms with Gasteiger partial charge in [0.05, 0.1) is 6.61 Å². The number of unbranched alkanes of at least 4 members (excludes halogenated alkanes) is 1. The highest BCUT2D eigenvalue weighted by Gasteiger charge is 2.10. The maximum absolute atomic E-state index is 10.7. The Labute approximate surface area is 62.2 Å². The lowest BCUT2D eigenvalue weighted by Crippen LogP contribution is -2.14. The van der Waals surface area contributed by atoms with Crippen molar-refractivity contribution in [2.45, 2.75) is 33.1 Å². The molecule has 0 aliphatic heterocycles. The molecule has 0 saturated carbocycles. The van der Waals surface area contributed by atoms with Gasteiger partial charge in [0, 0.05) is 5.92 Å². The maximum atomic E-state index is 10.7. The molecule has 0 aromatic heterocycles. The van der Waals surface area contributed by atoms with Crippen LogP contribution < -0.4 is 0 Å². The number of aliphatic hydroxyl groups is 1. The fourth-order valence-corrected chi connectivity index (χ4v) is 0.874. The summed E-state index contributed by atoms with van der Waals surface area (Å²) < 4.78 is 0. The van der Waals surface area contributed by atoms with E-state index >= 15 is 0 Å². The molecule has 2 heteroatoms. The highest BCUT2D eigenvalue weighted by atomic mass is 16.3. The van der Waals surface area contributed by atoms with E-state index in [4.69, 9.17) is 5.11 Å². The van der Waals surface area contributed by atoms with E-state index in [1.54, 1.807) is 0 Å². The van der Waals surface area contributed by atoms with Gasteiger partial charge < -0.3 is 5.11 Å². The molecule has 0 aromatic rings. The molecule has 0 amide bonds. The number of carbonyl (C=O) groups excluding carboxylic acids is 1. The van der Waals surface area contributed by atoms with Gasteiger partial charge in [-0.2, -0.15) is 0 Å². The molecule has 0 radical (unpaired) electrons. The smallest absolute Gasteiger partial charge is 0.135 e. The largest absolute Gasteiger partial charge is 0.396 e. The molecule has 0 unspecified atom stereocenters. The van der Waals surface area contributed by atoms with Crippen LogP contribution in [0, 0.1) is 5.92 Å². The molecule has 10 heavy (non-hydrogen) atoms. The Balaban J connectivity index is 3.50. The minimum atomic E-state index is -0.111. The molecule has 0 spiro atoms. The SMILES string of the molecule is CCCC[C@H](CO)C(C)=O. The van der Waals surface area contributed by atoms with E-state index in [-0.39, 0.29) is 18.3 Å². The van der Waals surface area contributed by atoms with Crippen LogP contribution in [0.3, 0.4) is 0 Å². The molecule has 60 valence electrons. The summed E-state index contributed by atoms with van der Waals surface area (Å²) in [7, 11) is 0. The van der Waals surface area contributed by atoms with Crippen LogP contribution in [0.15, 0.2) is 0 Å². The summed E-state index contributed by atoms with van der Waals surface area (Å²) in [6.07, 6.45) is 2.96. The number of aliphatic hydroxyl groups excluding tert-OH is 1. The Hall–Kier alpha value is -0.370. The molecule has 2 nitrogen and oxygen atoms in total. The van der Waals surface area contributed by atoms with Crippen molar-refractivity contribution in [3.63, 3.8) is 0 Å². The molecule has 0 saturated heterocycles. The van der Waals surface area contributed by atoms with Gasteiger partial charge in [-0.3, -0.25) is 4.79 Å². The first-order valence-corrected chi connectivity index (χ1v) is 3.83. The van der Waals surface area contributed by atoms with E-state index in [1.165, 1.54) is 6.92 Å². The van der Waals surface area contributed by atoms with E-state index in [9.17, 15) is 4.79 Å². The number of hydrogen-bond acceptors (Lipinski definition) is 2. The van der Waals surface area contributed by atoms with E-state index in [0.717, 1.165) is 19.3 Å². The third-order valence-corrected chi connectivity index (χ3v) is 1.70. The monoisotopic (exact) mass is 144 g/mol. The highest BCUT2D eigenvalue weighted by Crippen LogP contribution is 2.08. The second-order valence-electron chi connectivity index (χ2n) is 2.63. The van der Waals surface area contributed by atoms with Crippen molar-refractivity contribution in [3.05, 3.63) is 0 Å². The molecule has 0 fully saturated rings. The molecular formula is C8H16O2. The topological polar surface area (TPSA) is 37.3 Å². The predicted molar refractivity (Wildman–Crippen MR) is 40.8 cm³/mol. The van der Waals surface area contributed by atoms with Crippen LogP contribution in [0.4, 0.5) is 0 Å². The molecule has 0 heterocycles. The lowest BCUT2D eigenvalue weighted by molar-refractivity contribution is -0.122. The summed E-state index contributed by atoms with van der Waals surface area (Å²) in [5, 5.41) is 8.70. The Morgan fingerprint density at radius 2 is 2.20 bits per heavy atom. The lowest BCUT2D eigenvalue weighted by Gasteiger charge is -2.07. The van der Waals surface area contributed by atoms with Gasteiger partial charge in [0.15, 0.2) is 0 Å². The average Bonchev–Trinajstić information content (AvgIpc) is 1.89. The standard InChI is InChI=1S/C8H16O2/c1-3-4-5-8(6-9)7(2)10/h8-9H,3-6H2,1-2H3/t8-/m1/s1. The van der Waals surface area contributed by atoms with Gasteiger partial charge in [-0.25, -0.2) is 0 Å². The number of hydrogen-bond donors (Lipinski definition) is 1. The quantitative estimate of drug-likeness (QED) is 0.632. The zero-order chi connectivity index (χ0) is 7.98. The maximum Gasteiger partial charge on any atom is 0.135 e. The fraction of sp³-hybridized carbons (Fsp3) is 0.875. The summed E-state index contributed by atoms with van der Waals surface area (Å²) >= 11 is 0. The predicted octanol–water partition coefficient (Wildman–Crippen LogP) is 1.37. The Kier molecular flexibility index (Phi) is 5.22. The van der Waals surface area contributed by atoms with Gasteiger partial charge >= 0.3 is 0 Å². The molecule has 0 aromatic carbocycles. The third kappa shape index (κ3) is 3.62. The van der Waals surface area contributed by atoms with Crippen molar-refractivity contribution < 1.29 is 9.90 Å². The van der Waals surface area contributed by atoms with Gasteiger partial charge in [0.1, 0.15) is 5.78 Å². The second kappa shape index (κ2) is 5.42. The van der Waals surface area contributed by atoms with Crippen molar-refractivity contribution in [2.75, 3.05) is 6.61 Å². The van der Waals surface area contributed by atoms with Crippen LogP contribution in [0.1, 0.15) is 33.1 Å². The minimum Gasteiger partial charge on any atom is -0.396 e. The fourth-order valence-electron chi connectivity index (χ4n) is 0.874. The van der Waals surface area contributed by atoms with E-state index in [2.05, 4.69) is 6.92 Å². The highest BCUT2D eigenvalue weighted by molar-refractivity contribution is 5.78. The number of Topliss-reactive ketones (excluding diaryl/α,β-unsaturated/α-hetero) is 1. The summed E-state index contributed by atoms with van der Waals surface area (Å²) in [4.78, 5) is 10.7. The zero-order valence-electron chi connectivity index (χ0n) is 6.76. The van der Waals surface area contributed by atoms with E-state index < -0.39 is 0 Å². The van der Waals surface area contributed by atoms with Crippen LogP contribution >= 0.6 is 0 Å². The first kappa shape index (κ1) is 9.63. The van der Waals surface area contributed by atoms with Crippen molar-refractivity contribution in [2.24, 2.45) is 5.92 Å². The molecule has 1 N–H and O–H groups in total. The van der Waals surface area contributed by atoms with E-state index in [0.29, 0.717) is 0 Å². The Morgan fingerprint density at radius 1 is 1.60 bits per heavy atom. The molecule has 0 bridgehead atoms. The van der Waals surface area contributed by atoms with Crippen molar-refractivity contribution >= 4 is 5.78 Å². The van der Waals surface area contributed by atoms with Gasteiger partial charge in [-0.15, -0.1) is 0 Å². The molecule has 0 rings (SSSR count). The summed E-state index contributed by atoms with van der Waals surface area (Å²) in [6, 6.07) is 0. The zero-order valence-corrected chi connectivity index (χ0v) is 6.76. The van der Waals surface area contributed by atoms with Gasteiger partial charge in [-0.05, 0) is 13.3 Å². The van der Waals surface area contributed by atoms with Crippen LogP contribution in [0.5, 0.6) is 0 Å². The van der Waals surface area contributed by atoms with Crippen LogP contribution in [-0.4, -0.2) is 17.5 Å². The molecule has 0 aliphatic carbocycles. The average molecular weight is 144 g/mol. The van der Waals surface area contributed by atoms with Crippen LogP contribution in [0.25, 0.3) is 0 Å². The third-order valence-electron chi connectivity index (χ3n) is 1.70. The van der Waals surface area contributed by atoms with Crippen molar-refractivity contribution in [1.82, 2.24) is 0 Å². The molecular weight excluding hydrogens is 128 g/mol. The summed E-state index contributed by atoms with van der Waals surface area (Å²) in [5.41, 5.74) is 0. The van der Waals surface area contributed by atoms with Gasteiger partial charge in [0.2, 0.25) is 0 Å². The first-order valence-electron chi connectivity index (χ1n) is 3.83. The molecule has 1 atom stereocenters. The number of ketones is 1. The van der Waals surface area contributed by atoms with Gasteiger partial charge in [0.25, 0.3) is 0 Å². The Morgan fingerprint density at radius 3 is 2.50 bits per heavy atom. The Bertz CT molecular complexity index is 99.4. The van der Waals surface area contributed by atoms with E-state index in [1.807, 2.05) is 0 Å². The minimum absolute atomic E-state index is 0.00926. The van der Waals surface area contributed by atoms with Crippen molar-refractivity contribution in [1.29, 1.82) is 0 Å². The normalized spacial score (nSPS) is 13.1. The summed E-state index contributed by atoms with van der Waals surface area (Å²) in [5.74, 6) is -0.00380. The molecule has 0 aliphatic rings. The van der Waals surface area contributed by atoms with Gasteiger partial charge in [-0.1, -0.05) is 19.8 Å². The van der Waals surface area contributed by atoms with Crippen LogP contribution in [-0.2, 0) is 4.79 Å².